The van der Waals surface area contributed by atoms with Gasteiger partial charge >= 0.3 is 0 Å². The Labute approximate surface area is 123 Å². The van der Waals surface area contributed by atoms with Crippen LogP contribution >= 0.6 is 11.6 Å². The molecule has 1 rings (SSSR count). The van der Waals surface area contributed by atoms with E-state index in [1.54, 1.807) is 7.11 Å². The summed E-state index contributed by atoms with van der Waals surface area (Å²) in [5.74, 6) is 1.11. The van der Waals surface area contributed by atoms with E-state index < -0.39 is 11.0 Å². The first-order valence-corrected chi connectivity index (χ1v) is 7.84. The normalized spacial score (nSPS) is 15.1. The molecular weight excluding hydrogens is 282 g/mol. The Kier molecular flexibility index (Phi) is 5.83. The summed E-state index contributed by atoms with van der Waals surface area (Å²) in [5.41, 5.74) is 1.08. The van der Waals surface area contributed by atoms with Gasteiger partial charge in [-0.2, -0.15) is 0 Å². The lowest BCUT2D eigenvalue weighted by atomic mass is 9.92. The van der Waals surface area contributed by atoms with Crippen molar-refractivity contribution in [3.63, 3.8) is 0 Å². The molecule has 0 spiro atoms. The van der Waals surface area contributed by atoms with E-state index in [4.69, 9.17) is 21.5 Å². The molecule has 0 bridgehead atoms. The van der Waals surface area contributed by atoms with Crippen molar-refractivity contribution in [2.24, 2.45) is 11.1 Å². The van der Waals surface area contributed by atoms with E-state index in [1.807, 2.05) is 32.0 Å². The Bertz CT molecular complexity index is 463. The molecule has 1 aromatic rings. The smallest absolute Gasteiger partial charge is 0.120 e. The fraction of sp³-hybridized carbons (Fsp3) is 0.571. The molecule has 1 aromatic carbocycles. The Hall–Kier alpha value is -0.580. The van der Waals surface area contributed by atoms with Gasteiger partial charge in [0, 0.05) is 5.02 Å². The fourth-order valence-corrected chi connectivity index (χ4v) is 2.89. The molecule has 0 radical (unpaired) electrons. The number of ether oxygens (including phenoxy) is 1. The SMILES string of the molecule is COc1ccc(C[C@H](C)CC(C)(C)S(N)=O)c(Cl)c1. The van der Waals surface area contributed by atoms with E-state index in [0.717, 1.165) is 24.2 Å². The third-order valence-electron chi connectivity index (χ3n) is 3.21. The molecular formula is C14H22ClNO2S. The molecule has 0 aliphatic heterocycles. The van der Waals surface area contributed by atoms with Crippen LogP contribution in [-0.2, 0) is 17.4 Å². The molecule has 0 saturated heterocycles. The summed E-state index contributed by atoms with van der Waals surface area (Å²) in [6, 6.07) is 5.69. The minimum Gasteiger partial charge on any atom is -0.497 e. The van der Waals surface area contributed by atoms with E-state index in [1.165, 1.54) is 0 Å². The number of halogens is 1. The first kappa shape index (κ1) is 16.5. The predicted molar refractivity (Wildman–Crippen MR) is 81.9 cm³/mol. The van der Waals surface area contributed by atoms with Crippen LogP contribution in [0.5, 0.6) is 5.75 Å². The summed E-state index contributed by atoms with van der Waals surface area (Å²) < 4.78 is 16.2. The van der Waals surface area contributed by atoms with Crippen molar-refractivity contribution in [1.82, 2.24) is 0 Å². The Balaban J connectivity index is 2.72. The minimum atomic E-state index is -1.32. The molecule has 0 heterocycles. The van der Waals surface area contributed by atoms with Gasteiger partial charge in [-0.3, -0.25) is 5.14 Å². The average Bonchev–Trinajstić information content (AvgIpc) is 2.30. The fourth-order valence-electron chi connectivity index (χ4n) is 2.19. The molecule has 1 unspecified atom stereocenters. The van der Waals surface area contributed by atoms with Crippen LogP contribution in [0.25, 0.3) is 0 Å². The summed E-state index contributed by atoms with van der Waals surface area (Å²) in [7, 11) is 0.300. The minimum absolute atomic E-state index is 0.355. The van der Waals surface area contributed by atoms with Crippen molar-refractivity contribution < 1.29 is 8.95 Å². The van der Waals surface area contributed by atoms with Crippen LogP contribution in [0.2, 0.25) is 5.02 Å². The lowest BCUT2D eigenvalue weighted by Crippen LogP contribution is -2.34. The number of hydrogen-bond donors (Lipinski definition) is 1. The Morgan fingerprint density at radius 2 is 2.11 bits per heavy atom. The lowest BCUT2D eigenvalue weighted by Gasteiger charge is -2.25. The highest BCUT2D eigenvalue weighted by Gasteiger charge is 2.26. The zero-order chi connectivity index (χ0) is 14.6. The van der Waals surface area contributed by atoms with Gasteiger partial charge in [0.25, 0.3) is 0 Å². The molecule has 5 heteroatoms. The zero-order valence-electron chi connectivity index (χ0n) is 11.9. The highest BCUT2D eigenvalue weighted by Crippen LogP contribution is 2.28. The van der Waals surface area contributed by atoms with E-state index in [9.17, 15) is 4.21 Å². The van der Waals surface area contributed by atoms with Gasteiger partial charge in [-0.15, -0.1) is 0 Å². The number of hydrogen-bond acceptors (Lipinski definition) is 2. The second-order valence-corrected chi connectivity index (χ2v) is 7.64. The summed E-state index contributed by atoms with van der Waals surface area (Å²) in [5, 5.41) is 6.22. The molecule has 19 heavy (non-hydrogen) atoms. The first-order chi connectivity index (χ1) is 8.76. The van der Waals surface area contributed by atoms with Gasteiger partial charge in [-0.05, 0) is 50.3 Å². The van der Waals surface area contributed by atoms with Gasteiger partial charge in [-0.1, -0.05) is 24.6 Å². The Morgan fingerprint density at radius 3 is 2.58 bits per heavy atom. The highest BCUT2D eigenvalue weighted by atomic mass is 35.5. The molecule has 0 aromatic heterocycles. The van der Waals surface area contributed by atoms with Crippen LogP contribution < -0.4 is 9.88 Å². The maximum absolute atomic E-state index is 11.5. The van der Waals surface area contributed by atoms with Gasteiger partial charge in [0.2, 0.25) is 0 Å². The van der Waals surface area contributed by atoms with Gasteiger partial charge in [0.1, 0.15) is 5.75 Å². The van der Waals surface area contributed by atoms with E-state index >= 15 is 0 Å². The maximum Gasteiger partial charge on any atom is 0.120 e. The van der Waals surface area contributed by atoms with Crippen LogP contribution in [0.4, 0.5) is 0 Å². The van der Waals surface area contributed by atoms with Crippen LogP contribution in [0.1, 0.15) is 32.8 Å². The van der Waals surface area contributed by atoms with E-state index in [-0.39, 0.29) is 4.75 Å². The molecule has 0 saturated carbocycles. The summed E-state index contributed by atoms with van der Waals surface area (Å²) in [6.45, 7) is 5.97. The lowest BCUT2D eigenvalue weighted by molar-refractivity contribution is 0.414. The molecule has 0 aliphatic carbocycles. The average molecular weight is 304 g/mol. The summed E-state index contributed by atoms with van der Waals surface area (Å²) >= 11 is 6.22. The van der Waals surface area contributed by atoms with E-state index in [2.05, 4.69) is 6.92 Å². The number of methoxy groups -OCH3 is 1. The monoisotopic (exact) mass is 303 g/mol. The van der Waals surface area contributed by atoms with Gasteiger partial charge in [0.05, 0.1) is 22.8 Å². The number of benzene rings is 1. The maximum atomic E-state index is 11.5. The van der Waals surface area contributed by atoms with Crippen LogP contribution in [0.3, 0.4) is 0 Å². The van der Waals surface area contributed by atoms with Crippen LogP contribution in [0, 0.1) is 5.92 Å². The van der Waals surface area contributed by atoms with Crippen LogP contribution in [-0.4, -0.2) is 16.1 Å². The first-order valence-electron chi connectivity index (χ1n) is 6.25. The topological polar surface area (TPSA) is 52.3 Å². The van der Waals surface area contributed by atoms with Crippen molar-refractivity contribution in [3.05, 3.63) is 28.8 Å². The van der Waals surface area contributed by atoms with Crippen molar-refractivity contribution in [3.8, 4) is 5.75 Å². The molecule has 2 N–H and O–H groups in total. The molecule has 0 aliphatic rings. The second-order valence-electron chi connectivity index (χ2n) is 5.53. The van der Waals surface area contributed by atoms with Crippen molar-refractivity contribution in [2.75, 3.05) is 7.11 Å². The zero-order valence-corrected chi connectivity index (χ0v) is 13.5. The quantitative estimate of drug-likeness (QED) is 0.876. The summed E-state index contributed by atoms with van der Waals surface area (Å²) in [4.78, 5) is 0. The van der Waals surface area contributed by atoms with Crippen molar-refractivity contribution in [2.45, 2.75) is 38.4 Å². The number of nitrogens with two attached hydrogens (primary N) is 1. The molecule has 0 amide bonds. The van der Waals surface area contributed by atoms with Gasteiger partial charge < -0.3 is 4.74 Å². The highest BCUT2D eigenvalue weighted by molar-refractivity contribution is 7.84. The Morgan fingerprint density at radius 1 is 1.47 bits per heavy atom. The molecule has 108 valence electrons. The molecule has 3 nitrogen and oxygen atoms in total. The van der Waals surface area contributed by atoms with E-state index in [0.29, 0.717) is 10.9 Å². The molecule has 2 atom stereocenters. The predicted octanol–water partition coefficient (Wildman–Crippen LogP) is 3.32. The third kappa shape index (κ3) is 4.79. The molecule has 0 fully saturated rings. The standard InChI is InChI=1S/C14H22ClNO2S/c1-10(9-14(2,3)19(16)17)7-11-5-6-12(18-4)8-13(11)15/h5-6,8,10H,7,9,16H2,1-4H3/t10-,19?/m0/s1. The van der Waals surface area contributed by atoms with Gasteiger partial charge in [-0.25, -0.2) is 4.21 Å². The van der Waals surface area contributed by atoms with Gasteiger partial charge in [0.15, 0.2) is 0 Å². The van der Waals surface area contributed by atoms with Crippen molar-refractivity contribution in [1.29, 1.82) is 0 Å². The number of rotatable bonds is 6. The third-order valence-corrected chi connectivity index (χ3v) is 4.82. The second kappa shape index (κ2) is 6.73. The largest absolute Gasteiger partial charge is 0.497 e. The van der Waals surface area contributed by atoms with Crippen LogP contribution in [0.15, 0.2) is 18.2 Å². The summed E-state index contributed by atoms with van der Waals surface area (Å²) in [6.07, 6.45) is 1.63. The van der Waals surface area contributed by atoms with Crippen molar-refractivity contribution >= 4 is 22.6 Å².